The van der Waals surface area contributed by atoms with Gasteiger partial charge in [-0.25, -0.2) is 0 Å². The van der Waals surface area contributed by atoms with Crippen LogP contribution in [0.2, 0.25) is 5.02 Å². The van der Waals surface area contributed by atoms with Crippen molar-refractivity contribution in [3.8, 4) is 0 Å². The van der Waals surface area contributed by atoms with Crippen LogP contribution in [0.25, 0.3) is 0 Å². The molecule has 7 heteroatoms. The molecule has 216 valence electrons. The van der Waals surface area contributed by atoms with Gasteiger partial charge in [0, 0.05) is 69.4 Å². The van der Waals surface area contributed by atoms with Crippen LogP contribution in [-0.4, -0.2) is 78.9 Å². The Labute approximate surface area is 249 Å². The van der Waals surface area contributed by atoms with E-state index in [0.29, 0.717) is 37.5 Å². The Hall–Kier alpha value is -3.19. The van der Waals surface area contributed by atoms with E-state index < -0.39 is 0 Å². The molecule has 2 saturated heterocycles. The maximum absolute atomic E-state index is 13.7. The number of likely N-dealkylation sites (tertiary alicyclic amines) is 1. The van der Waals surface area contributed by atoms with Crippen LogP contribution in [0.4, 0.5) is 5.69 Å². The standard InChI is InChI=1S/C34H41ClN4O2/c1-27(40)37-20-16-30(17-21-37)34(41)39(32-15-8-14-31(35)26-32)19-9-18-36-22-24-38(25-23-36)33(28-10-4-2-5-11-28)29-12-6-3-7-13-29/h2-8,10-15,26,30,33H,9,16-25H2,1H3. The predicted molar refractivity (Wildman–Crippen MR) is 166 cm³/mol. The lowest BCUT2D eigenvalue weighted by Gasteiger charge is -2.40. The minimum absolute atomic E-state index is 0.0685. The van der Waals surface area contributed by atoms with Gasteiger partial charge < -0.3 is 14.7 Å². The average Bonchev–Trinajstić information content (AvgIpc) is 3.01. The SMILES string of the molecule is CC(=O)N1CCC(C(=O)N(CCCN2CCN(C(c3ccccc3)c3ccccc3)CC2)c2cccc(Cl)c2)CC1. The third-order valence-electron chi connectivity index (χ3n) is 8.53. The number of hydrogen-bond donors (Lipinski definition) is 0. The van der Waals surface area contributed by atoms with E-state index in [9.17, 15) is 9.59 Å². The molecular weight excluding hydrogens is 532 g/mol. The van der Waals surface area contributed by atoms with Crippen molar-refractivity contribution in [2.24, 2.45) is 5.92 Å². The highest BCUT2D eigenvalue weighted by atomic mass is 35.5. The summed E-state index contributed by atoms with van der Waals surface area (Å²) in [5.74, 6) is 0.163. The fourth-order valence-electron chi connectivity index (χ4n) is 6.25. The number of anilines is 1. The molecule has 0 aliphatic carbocycles. The zero-order valence-electron chi connectivity index (χ0n) is 24.0. The zero-order valence-corrected chi connectivity index (χ0v) is 24.8. The summed E-state index contributed by atoms with van der Waals surface area (Å²) >= 11 is 6.32. The largest absolute Gasteiger partial charge is 0.343 e. The fraction of sp³-hybridized carbons (Fsp3) is 0.412. The lowest BCUT2D eigenvalue weighted by atomic mass is 9.94. The van der Waals surface area contributed by atoms with Crippen LogP contribution >= 0.6 is 11.6 Å². The molecule has 2 heterocycles. The summed E-state index contributed by atoms with van der Waals surface area (Å²) in [6.45, 7) is 8.50. The van der Waals surface area contributed by atoms with Gasteiger partial charge in [-0.1, -0.05) is 78.3 Å². The minimum Gasteiger partial charge on any atom is -0.343 e. The first-order valence-electron chi connectivity index (χ1n) is 14.9. The van der Waals surface area contributed by atoms with Crippen LogP contribution in [-0.2, 0) is 9.59 Å². The molecule has 2 aliphatic rings. The van der Waals surface area contributed by atoms with Gasteiger partial charge in [-0.3, -0.25) is 14.5 Å². The number of benzene rings is 3. The monoisotopic (exact) mass is 572 g/mol. The molecule has 0 bridgehead atoms. The molecule has 6 nitrogen and oxygen atoms in total. The molecule has 0 saturated carbocycles. The Kier molecular flexibility index (Phi) is 10.1. The molecule has 3 aromatic rings. The lowest BCUT2D eigenvalue weighted by Crippen LogP contribution is -2.48. The number of carbonyl (C=O) groups excluding carboxylic acids is 2. The Morgan fingerprint density at radius 1 is 0.829 bits per heavy atom. The van der Waals surface area contributed by atoms with Crippen LogP contribution in [0.3, 0.4) is 0 Å². The predicted octanol–water partition coefficient (Wildman–Crippen LogP) is 5.73. The van der Waals surface area contributed by atoms with E-state index in [4.69, 9.17) is 11.6 Å². The molecular formula is C34H41ClN4O2. The molecule has 0 spiro atoms. The van der Waals surface area contributed by atoms with Gasteiger partial charge in [0.25, 0.3) is 0 Å². The highest BCUT2D eigenvalue weighted by Crippen LogP contribution is 2.30. The summed E-state index contributed by atoms with van der Waals surface area (Å²) in [6, 6.07) is 29.5. The molecule has 0 N–H and O–H groups in total. The Morgan fingerprint density at radius 3 is 2.00 bits per heavy atom. The molecule has 41 heavy (non-hydrogen) atoms. The summed E-state index contributed by atoms with van der Waals surface area (Å²) < 4.78 is 0. The van der Waals surface area contributed by atoms with E-state index in [2.05, 4.69) is 70.5 Å². The normalized spacial score (nSPS) is 17.1. The summed E-state index contributed by atoms with van der Waals surface area (Å²) in [4.78, 5) is 34.4. The maximum atomic E-state index is 13.7. The Morgan fingerprint density at radius 2 is 1.44 bits per heavy atom. The smallest absolute Gasteiger partial charge is 0.230 e. The van der Waals surface area contributed by atoms with Gasteiger partial charge in [-0.15, -0.1) is 0 Å². The van der Waals surface area contributed by atoms with Gasteiger partial charge in [0.2, 0.25) is 11.8 Å². The first-order chi connectivity index (χ1) is 20.0. The van der Waals surface area contributed by atoms with Gasteiger partial charge in [0.15, 0.2) is 0 Å². The number of halogens is 1. The van der Waals surface area contributed by atoms with Crippen molar-refractivity contribution in [1.29, 1.82) is 0 Å². The van der Waals surface area contributed by atoms with Gasteiger partial charge in [0.1, 0.15) is 0 Å². The zero-order chi connectivity index (χ0) is 28.6. The van der Waals surface area contributed by atoms with E-state index in [1.54, 1.807) is 6.92 Å². The quantitative estimate of drug-likeness (QED) is 0.329. The van der Waals surface area contributed by atoms with E-state index >= 15 is 0 Å². The third kappa shape index (κ3) is 7.56. The Balaban J connectivity index is 1.19. The van der Waals surface area contributed by atoms with Crippen LogP contribution in [0.5, 0.6) is 0 Å². The average molecular weight is 573 g/mol. The second kappa shape index (κ2) is 14.1. The van der Waals surface area contributed by atoms with Crippen LogP contribution in [0, 0.1) is 5.92 Å². The van der Waals surface area contributed by atoms with Crippen molar-refractivity contribution < 1.29 is 9.59 Å². The molecule has 2 amide bonds. The van der Waals surface area contributed by atoms with Crippen LogP contribution < -0.4 is 4.90 Å². The van der Waals surface area contributed by atoms with Crippen molar-refractivity contribution in [2.75, 3.05) is 57.3 Å². The van der Waals surface area contributed by atoms with Crippen LogP contribution in [0.15, 0.2) is 84.9 Å². The topological polar surface area (TPSA) is 47.1 Å². The summed E-state index contributed by atoms with van der Waals surface area (Å²) in [7, 11) is 0. The third-order valence-corrected chi connectivity index (χ3v) is 8.77. The first-order valence-corrected chi connectivity index (χ1v) is 15.3. The van der Waals surface area contributed by atoms with Gasteiger partial charge in [0.05, 0.1) is 6.04 Å². The summed E-state index contributed by atoms with van der Waals surface area (Å²) in [6.07, 6.45) is 2.31. The maximum Gasteiger partial charge on any atom is 0.230 e. The van der Waals surface area contributed by atoms with Crippen molar-refractivity contribution in [2.45, 2.75) is 32.2 Å². The highest BCUT2D eigenvalue weighted by molar-refractivity contribution is 6.30. The minimum atomic E-state index is -0.0685. The molecule has 0 unspecified atom stereocenters. The van der Waals surface area contributed by atoms with Crippen molar-refractivity contribution in [1.82, 2.24) is 14.7 Å². The second-order valence-electron chi connectivity index (χ2n) is 11.2. The molecule has 0 radical (unpaired) electrons. The van der Waals surface area contributed by atoms with Crippen molar-refractivity contribution in [3.05, 3.63) is 101 Å². The second-order valence-corrected chi connectivity index (χ2v) is 11.6. The van der Waals surface area contributed by atoms with Gasteiger partial charge in [-0.05, 0) is 55.1 Å². The molecule has 3 aromatic carbocycles. The van der Waals surface area contributed by atoms with Crippen molar-refractivity contribution in [3.63, 3.8) is 0 Å². The molecule has 5 rings (SSSR count). The van der Waals surface area contributed by atoms with E-state index in [0.717, 1.165) is 44.8 Å². The van der Waals surface area contributed by atoms with Crippen molar-refractivity contribution >= 4 is 29.1 Å². The van der Waals surface area contributed by atoms with E-state index in [-0.39, 0.29) is 23.8 Å². The molecule has 0 atom stereocenters. The number of piperidine rings is 1. The van der Waals surface area contributed by atoms with E-state index in [1.165, 1.54) is 11.1 Å². The van der Waals surface area contributed by atoms with Gasteiger partial charge in [-0.2, -0.15) is 0 Å². The number of hydrogen-bond acceptors (Lipinski definition) is 4. The Bertz CT molecular complexity index is 1230. The molecule has 2 aliphatic heterocycles. The fourth-order valence-corrected chi connectivity index (χ4v) is 6.44. The number of rotatable bonds is 9. The molecule has 0 aromatic heterocycles. The number of nitrogens with zero attached hydrogens (tertiary/aromatic N) is 4. The summed E-state index contributed by atoms with van der Waals surface area (Å²) in [5, 5.41) is 0.634. The molecule has 2 fully saturated rings. The lowest BCUT2D eigenvalue weighted by molar-refractivity contribution is -0.133. The number of carbonyl (C=O) groups is 2. The van der Waals surface area contributed by atoms with Crippen LogP contribution in [0.1, 0.15) is 43.4 Å². The summed E-state index contributed by atoms with van der Waals surface area (Å²) in [5.41, 5.74) is 3.52. The van der Waals surface area contributed by atoms with E-state index in [1.807, 2.05) is 34.1 Å². The van der Waals surface area contributed by atoms with Gasteiger partial charge >= 0.3 is 0 Å². The first kappa shape index (κ1) is 29.3. The number of piperazine rings is 1. The highest BCUT2D eigenvalue weighted by Gasteiger charge is 2.31. The number of amides is 2.